The monoisotopic (exact) mass is 480 g/mol. The molecular formula is C27H26Cl2N2O2. The summed E-state index contributed by atoms with van der Waals surface area (Å²) in [4.78, 5) is 28.0. The molecule has 0 unspecified atom stereocenters. The van der Waals surface area contributed by atoms with Crippen LogP contribution >= 0.6 is 23.2 Å². The normalized spacial score (nSPS) is 16.8. The highest BCUT2D eigenvalue weighted by molar-refractivity contribution is 6.35. The molecule has 0 N–H and O–H groups in total. The predicted octanol–water partition coefficient (Wildman–Crippen LogP) is 7.37. The molecule has 0 bridgehead atoms. The minimum atomic E-state index is -0.675. The number of carbonyl (C=O) groups is 2. The van der Waals surface area contributed by atoms with Crippen LogP contribution in [0.4, 0.5) is 10.5 Å². The van der Waals surface area contributed by atoms with Crippen molar-refractivity contribution in [1.29, 1.82) is 0 Å². The Balaban J connectivity index is 0.000000172. The summed E-state index contributed by atoms with van der Waals surface area (Å²) in [6, 6.07) is 23.5. The number of nitrogens with zero attached hydrogens (tertiary/aromatic N) is 2. The van der Waals surface area contributed by atoms with Gasteiger partial charge in [0.2, 0.25) is 0 Å². The molecule has 0 radical (unpaired) electrons. The van der Waals surface area contributed by atoms with Gasteiger partial charge in [-0.15, -0.1) is 0 Å². The molecule has 1 saturated carbocycles. The molecule has 6 heteroatoms. The molecule has 1 aliphatic carbocycles. The number of rotatable bonds is 2. The van der Waals surface area contributed by atoms with Gasteiger partial charge in [0.05, 0.1) is 5.69 Å². The van der Waals surface area contributed by atoms with Crippen molar-refractivity contribution in [3.63, 3.8) is 0 Å². The Morgan fingerprint density at radius 1 is 0.788 bits per heavy atom. The molecule has 0 aromatic heterocycles. The van der Waals surface area contributed by atoms with Crippen molar-refractivity contribution in [3.05, 3.63) is 88.4 Å². The molecular weight excluding hydrogens is 455 g/mol. The summed E-state index contributed by atoms with van der Waals surface area (Å²) in [6.07, 6.45) is 3.37. The Morgan fingerprint density at radius 3 is 1.91 bits per heavy atom. The number of aryl methyl sites for hydroxylation is 1. The number of anilines is 1. The van der Waals surface area contributed by atoms with E-state index in [0.717, 1.165) is 25.7 Å². The van der Waals surface area contributed by atoms with Crippen LogP contribution in [0.5, 0.6) is 0 Å². The summed E-state index contributed by atoms with van der Waals surface area (Å²) in [5.41, 5.74) is 3.63. The summed E-state index contributed by atoms with van der Waals surface area (Å²) < 4.78 is 0. The van der Waals surface area contributed by atoms with Gasteiger partial charge in [-0.3, -0.25) is 4.79 Å². The van der Waals surface area contributed by atoms with E-state index in [1.165, 1.54) is 21.6 Å². The van der Waals surface area contributed by atoms with Crippen molar-refractivity contribution in [1.82, 2.24) is 4.90 Å². The van der Waals surface area contributed by atoms with Crippen molar-refractivity contribution in [2.45, 2.75) is 38.1 Å². The smallest absolute Gasteiger partial charge is 0.312 e. The second kappa shape index (κ2) is 9.58. The lowest BCUT2D eigenvalue weighted by molar-refractivity contribution is -0.124. The fourth-order valence-electron chi connectivity index (χ4n) is 4.55. The van der Waals surface area contributed by atoms with Crippen molar-refractivity contribution in [2.24, 2.45) is 0 Å². The third kappa shape index (κ3) is 4.64. The Hall–Kier alpha value is -2.82. The summed E-state index contributed by atoms with van der Waals surface area (Å²) in [6.45, 7) is 2.11. The van der Waals surface area contributed by atoms with Crippen LogP contribution in [-0.4, -0.2) is 29.4 Å². The number of benzene rings is 3. The Morgan fingerprint density at radius 2 is 1.33 bits per heavy atom. The topological polar surface area (TPSA) is 40.6 Å². The lowest BCUT2D eigenvalue weighted by Gasteiger charge is -2.27. The van der Waals surface area contributed by atoms with Crippen LogP contribution in [0.3, 0.4) is 0 Å². The third-order valence-corrected chi connectivity index (χ3v) is 6.85. The van der Waals surface area contributed by atoms with Crippen LogP contribution in [0, 0.1) is 6.92 Å². The minimum absolute atomic E-state index is 0.166. The maximum Gasteiger partial charge on any atom is 0.332 e. The van der Waals surface area contributed by atoms with Gasteiger partial charge >= 0.3 is 6.03 Å². The fourth-order valence-corrected chi connectivity index (χ4v) is 5.07. The van der Waals surface area contributed by atoms with Crippen LogP contribution < -0.4 is 4.90 Å². The zero-order valence-corrected chi connectivity index (χ0v) is 20.2. The predicted molar refractivity (Wildman–Crippen MR) is 135 cm³/mol. The second-order valence-corrected chi connectivity index (χ2v) is 9.45. The van der Waals surface area contributed by atoms with E-state index in [2.05, 4.69) is 55.5 Å². The number of hydrogen-bond acceptors (Lipinski definition) is 2. The van der Waals surface area contributed by atoms with Gasteiger partial charge in [-0.25, -0.2) is 9.69 Å². The van der Waals surface area contributed by atoms with E-state index in [-0.39, 0.29) is 11.9 Å². The quantitative estimate of drug-likeness (QED) is 0.359. The van der Waals surface area contributed by atoms with E-state index in [0.29, 0.717) is 15.7 Å². The Bertz CT molecular complexity index is 1140. The molecule has 2 aliphatic rings. The van der Waals surface area contributed by atoms with Crippen LogP contribution in [0.1, 0.15) is 31.2 Å². The van der Waals surface area contributed by atoms with Gasteiger partial charge in [0, 0.05) is 17.1 Å². The minimum Gasteiger partial charge on any atom is -0.312 e. The first-order chi connectivity index (χ1) is 15.8. The van der Waals surface area contributed by atoms with Crippen LogP contribution in [0.15, 0.2) is 72.8 Å². The van der Waals surface area contributed by atoms with Gasteiger partial charge in [-0.05, 0) is 49.1 Å². The number of urea groups is 1. The summed E-state index contributed by atoms with van der Waals surface area (Å²) >= 11 is 11.9. The number of amides is 3. The van der Waals surface area contributed by atoms with E-state index in [1.807, 2.05) is 6.07 Å². The van der Waals surface area contributed by atoms with Crippen molar-refractivity contribution >= 4 is 40.8 Å². The molecule has 1 saturated heterocycles. The summed E-state index contributed by atoms with van der Waals surface area (Å²) in [5, 5.41) is 0.811. The SMILES string of the molecule is CN1C(=O)N(c2cc(Cl)cc(Cl)c2)C(=O)C12CCCC2.Cc1ccc(-c2ccccc2)cc1. The lowest BCUT2D eigenvalue weighted by atomic mass is 9.96. The molecule has 3 aromatic carbocycles. The van der Waals surface area contributed by atoms with Crippen molar-refractivity contribution in [3.8, 4) is 11.1 Å². The average Bonchev–Trinajstić information content (AvgIpc) is 3.36. The van der Waals surface area contributed by atoms with Crippen LogP contribution in [-0.2, 0) is 4.79 Å². The first kappa shape index (κ1) is 23.3. The van der Waals surface area contributed by atoms with E-state index in [9.17, 15) is 9.59 Å². The van der Waals surface area contributed by atoms with E-state index >= 15 is 0 Å². The van der Waals surface area contributed by atoms with Gasteiger partial charge in [0.1, 0.15) is 5.54 Å². The first-order valence-electron chi connectivity index (χ1n) is 11.0. The largest absolute Gasteiger partial charge is 0.332 e. The highest BCUT2D eigenvalue weighted by Crippen LogP contribution is 2.43. The first-order valence-corrected chi connectivity index (χ1v) is 11.8. The highest BCUT2D eigenvalue weighted by atomic mass is 35.5. The summed E-state index contributed by atoms with van der Waals surface area (Å²) in [7, 11) is 1.69. The molecule has 4 nitrogen and oxygen atoms in total. The highest BCUT2D eigenvalue weighted by Gasteiger charge is 2.57. The molecule has 5 rings (SSSR count). The van der Waals surface area contributed by atoms with Crippen LogP contribution in [0.25, 0.3) is 11.1 Å². The van der Waals surface area contributed by atoms with Crippen molar-refractivity contribution in [2.75, 3.05) is 11.9 Å². The molecule has 1 aliphatic heterocycles. The molecule has 1 spiro atoms. The molecule has 33 heavy (non-hydrogen) atoms. The zero-order valence-electron chi connectivity index (χ0n) is 18.7. The average molecular weight is 481 g/mol. The van der Waals surface area contributed by atoms with Gasteiger partial charge < -0.3 is 4.90 Å². The number of carbonyl (C=O) groups excluding carboxylic acids is 2. The Labute approximate surface area is 204 Å². The van der Waals surface area contributed by atoms with E-state index in [4.69, 9.17) is 23.2 Å². The second-order valence-electron chi connectivity index (χ2n) is 8.58. The molecule has 0 atom stereocenters. The van der Waals surface area contributed by atoms with Gasteiger partial charge in [0.25, 0.3) is 5.91 Å². The third-order valence-electron chi connectivity index (χ3n) is 6.42. The van der Waals surface area contributed by atoms with Crippen LogP contribution in [0.2, 0.25) is 10.0 Å². The van der Waals surface area contributed by atoms with E-state index in [1.54, 1.807) is 30.1 Å². The number of hydrogen-bond donors (Lipinski definition) is 0. The Kier molecular flexibility index (Phi) is 6.78. The summed E-state index contributed by atoms with van der Waals surface area (Å²) in [5.74, 6) is -0.166. The maximum atomic E-state index is 12.8. The van der Waals surface area contributed by atoms with Crippen molar-refractivity contribution < 1.29 is 9.59 Å². The van der Waals surface area contributed by atoms with E-state index < -0.39 is 5.54 Å². The lowest BCUT2D eigenvalue weighted by Crippen LogP contribution is -2.45. The van der Waals surface area contributed by atoms with Gasteiger partial charge in [-0.2, -0.15) is 0 Å². The maximum absolute atomic E-state index is 12.8. The zero-order chi connectivity index (χ0) is 23.6. The molecule has 3 aromatic rings. The number of likely N-dealkylation sites (N-methyl/N-ethyl adjacent to an activating group) is 1. The number of imide groups is 1. The number of halogens is 2. The molecule has 2 fully saturated rings. The standard InChI is InChI=1S/C14H14Cl2N2O2.C13H12/c1-17-13(20)18(11-7-9(15)6-10(16)8-11)12(19)14(17)4-2-3-5-14;1-11-7-9-13(10-8-11)12-5-3-2-4-6-12/h6-8H,2-5H2,1H3;2-10H,1H3. The fraction of sp³-hybridized carbons (Fsp3) is 0.259. The van der Waals surface area contributed by atoms with Gasteiger partial charge in [-0.1, -0.05) is 96.2 Å². The molecule has 3 amide bonds. The molecule has 1 heterocycles. The van der Waals surface area contributed by atoms with Gasteiger partial charge in [0.15, 0.2) is 0 Å². The molecule has 170 valence electrons.